The zero-order valence-corrected chi connectivity index (χ0v) is 12.8. The molecule has 4 rings (SSSR count). The van der Waals surface area contributed by atoms with E-state index >= 15 is 0 Å². The molecule has 3 nitrogen and oxygen atoms in total. The molecule has 0 aromatic rings. The Kier molecular flexibility index (Phi) is 3.92. The summed E-state index contributed by atoms with van der Waals surface area (Å²) < 4.78 is 5.94. The second-order valence-corrected chi connectivity index (χ2v) is 7.26. The number of carbonyl (C=O) groups is 1. The first-order valence-corrected chi connectivity index (χ1v) is 7.45. The first kappa shape index (κ1) is 15.1. The van der Waals surface area contributed by atoms with E-state index in [1.54, 1.807) is 6.92 Å². The largest absolute Gasteiger partial charge is 0.458 e. The van der Waals surface area contributed by atoms with Crippen molar-refractivity contribution in [3.8, 4) is 0 Å². The van der Waals surface area contributed by atoms with Gasteiger partial charge in [0, 0.05) is 0 Å². The van der Waals surface area contributed by atoms with Gasteiger partial charge in [-0.3, -0.25) is 4.79 Å². The van der Waals surface area contributed by atoms with Gasteiger partial charge in [0.05, 0.1) is 0 Å². The van der Waals surface area contributed by atoms with Crippen LogP contribution in [0.5, 0.6) is 0 Å². The van der Waals surface area contributed by atoms with E-state index in [0.29, 0.717) is 6.42 Å². The van der Waals surface area contributed by atoms with E-state index in [1.807, 2.05) is 6.92 Å². The van der Waals surface area contributed by atoms with Gasteiger partial charge in [-0.15, -0.1) is 12.4 Å². The summed E-state index contributed by atoms with van der Waals surface area (Å²) in [5, 5.41) is 0. The molecule has 0 radical (unpaired) electrons. The highest BCUT2D eigenvalue weighted by Crippen LogP contribution is 2.57. The summed E-state index contributed by atoms with van der Waals surface area (Å²) in [6.45, 7) is 3.73. The van der Waals surface area contributed by atoms with Crippen molar-refractivity contribution in [3.63, 3.8) is 0 Å². The molecule has 0 amide bonds. The summed E-state index contributed by atoms with van der Waals surface area (Å²) in [6.07, 6.45) is 8.00. The lowest BCUT2D eigenvalue weighted by Gasteiger charge is -2.56. The molecule has 1 unspecified atom stereocenters. The topological polar surface area (TPSA) is 52.3 Å². The number of hydrogen-bond acceptors (Lipinski definition) is 3. The summed E-state index contributed by atoms with van der Waals surface area (Å²) >= 11 is 0. The SMILES string of the molecule is CCC(C)(N)C(=O)OC12CC3CC(CC(C3)C1)C2.Cl. The molecule has 0 aliphatic heterocycles. The third kappa shape index (κ3) is 2.64. The minimum atomic E-state index is -0.816. The van der Waals surface area contributed by atoms with E-state index in [4.69, 9.17) is 10.5 Å². The molecule has 2 N–H and O–H groups in total. The molecule has 110 valence electrons. The summed E-state index contributed by atoms with van der Waals surface area (Å²) in [5.74, 6) is 2.21. The number of hydrogen-bond donors (Lipinski definition) is 1. The zero-order chi connectivity index (χ0) is 13.0. The molecule has 4 heteroatoms. The van der Waals surface area contributed by atoms with Gasteiger partial charge in [-0.05, 0) is 69.6 Å². The van der Waals surface area contributed by atoms with Crippen molar-refractivity contribution in [3.05, 3.63) is 0 Å². The van der Waals surface area contributed by atoms with Gasteiger partial charge < -0.3 is 10.5 Å². The van der Waals surface area contributed by atoms with Crippen molar-refractivity contribution >= 4 is 18.4 Å². The van der Waals surface area contributed by atoms with Gasteiger partial charge in [0.2, 0.25) is 0 Å². The Morgan fingerprint density at radius 1 is 1.21 bits per heavy atom. The molecule has 19 heavy (non-hydrogen) atoms. The van der Waals surface area contributed by atoms with Crippen LogP contribution in [0.3, 0.4) is 0 Å². The van der Waals surface area contributed by atoms with Gasteiger partial charge in [-0.1, -0.05) is 6.92 Å². The third-order valence-corrected chi connectivity index (χ3v) is 5.49. The maximum Gasteiger partial charge on any atom is 0.326 e. The van der Waals surface area contributed by atoms with E-state index < -0.39 is 5.54 Å². The van der Waals surface area contributed by atoms with Crippen LogP contribution in [0, 0.1) is 17.8 Å². The van der Waals surface area contributed by atoms with Gasteiger partial charge in [0.15, 0.2) is 0 Å². The van der Waals surface area contributed by atoms with Gasteiger partial charge in [0.1, 0.15) is 11.1 Å². The molecule has 4 saturated carbocycles. The van der Waals surface area contributed by atoms with Crippen LogP contribution in [0.25, 0.3) is 0 Å². The molecule has 4 bridgehead atoms. The average Bonchev–Trinajstić information content (AvgIpc) is 2.26. The van der Waals surface area contributed by atoms with E-state index in [0.717, 1.165) is 37.0 Å². The van der Waals surface area contributed by atoms with Crippen LogP contribution in [-0.4, -0.2) is 17.1 Å². The summed E-state index contributed by atoms with van der Waals surface area (Å²) in [4.78, 5) is 12.2. The normalized spacial score (nSPS) is 42.4. The third-order valence-electron chi connectivity index (χ3n) is 5.49. The smallest absolute Gasteiger partial charge is 0.326 e. The molecular weight excluding hydrogens is 262 g/mol. The molecule has 0 spiro atoms. The van der Waals surface area contributed by atoms with Crippen molar-refractivity contribution in [1.82, 2.24) is 0 Å². The van der Waals surface area contributed by atoms with Crippen LogP contribution >= 0.6 is 12.4 Å². The lowest BCUT2D eigenvalue weighted by atomic mass is 9.54. The Morgan fingerprint density at radius 2 is 1.63 bits per heavy atom. The minimum Gasteiger partial charge on any atom is -0.458 e. The molecule has 1 atom stereocenters. The van der Waals surface area contributed by atoms with Crippen molar-refractivity contribution in [2.75, 3.05) is 0 Å². The fraction of sp³-hybridized carbons (Fsp3) is 0.933. The highest BCUT2D eigenvalue weighted by Gasteiger charge is 2.54. The van der Waals surface area contributed by atoms with Crippen LogP contribution in [0.2, 0.25) is 0 Å². The van der Waals surface area contributed by atoms with Crippen molar-refractivity contribution in [2.24, 2.45) is 23.5 Å². The maximum absolute atomic E-state index is 12.2. The quantitative estimate of drug-likeness (QED) is 0.812. The minimum absolute atomic E-state index is 0. The van der Waals surface area contributed by atoms with Gasteiger partial charge in [0.25, 0.3) is 0 Å². The Morgan fingerprint density at radius 3 is 2.00 bits per heavy atom. The van der Waals surface area contributed by atoms with Crippen LogP contribution in [-0.2, 0) is 9.53 Å². The van der Waals surface area contributed by atoms with Gasteiger partial charge in [-0.2, -0.15) is 0 Å². The van der Waals surface area contributed by atoms with Gasteiger partial charge in [-0.25, -0.2) is 0 Å². The standard InChI is InChI=1S/C15H25NO2.ClH/c1-3-14(2,16)13(17)18-15-7-10-4-11(8-15)6-12(5-10)9-15;/h10-12H,3-9,16H2,1-2H3;1H. The Balaban J connectivity index is 0.00000133. The van der Waals surface area contributed by atoms with E-state index in [9.17, 15) is 4.79 Å². The molecule has 4 aliphatic carbocycles. The van der Waals surface area contributed by atoms with Crippen molar-refractivity contribution in [2.45, 2.75) is 69.9 Å². The zero-order valence-electron chi connectivity index (χ0n) is 12.0. The molecular formula is C15H26ClNO2. The summed E-state index contributed by atoms with van der Waals surface area (Å²) in [5.41, 5.74) is 5.05. The average molecular weight is 288 g/mol. The molecule has 4 fully saturated rings. The molecule has 0 aromatic heterocycles. The molecule has 0 saturated heterocycles. The number of halogens is 1. The summed E-state index contributed by atoms with van der Waals surface area (Å²) in [6, 6.07) is 0. The fourth-order valence-corrected chi connectivity index (χ4v) is 4.61. The first-order chi connectivity index (χ1) is 8.42. The first-order valence-electron chi connectivity index (χ1n) is 7.45. The lowest BCUT2D eigenvalue weighted by Crippen LogP contribution is -2.56. The highest BCUT2D eigenvalue weighted by molar-refractivity contribution is 5.85. The molecule has 4 aliphatic rings. The van der Waals surface area contributed by atoms with Crippen LogP contribution in [0.1, 0.15) is 58.8 Å². The Labute approximate surface area is 122 Å². The van der Waals surface area contributed by atoms with E-state index in [2.05, 4.69) is 0 Å². The number of ether oxygens (including phenoxy) is 1. The molecule has 0 heterocycles. The van der Waals surface area contributed by atoms with Crippen LogP contribution in [0.15, 0.2) is 0 Å². The second kappa shape index (κ2) is 4.92. The fourth-order valence-electron chi connectivity index (χ4n) is 4.61. The van der Waals surface area contributed by atoms with Crippen molar-refractivity contribution in [1.29, 1.82) is 0 Å². The number of nitrogens with two attached hydrogens (primary N) is 1. The van der Waals surface area contributed by atoms with Crippen LogP contribution < -0.4 is 5.73 Å². The highest BCUT2D eigenvalue weighted by atomic mass is 35.5. The van der Waals surface area contributed by atoms with E-state index in [1.165, 1.54) is 19.3 Å². The summed E-state index contributed by atoms with van der Waals surface area (Å²) in [7, 11) is 0. The van der Waals surface area contributed by atoms with Gasteiger partial charge >= 0.3 is 5.97 Å². The predicted molar refractivity (Wildman–Crippen MR) is 77.1 cm³/mol. The maximum atomic E-state index is 12.2. The van der Waals surface area contributed by atoms with Crippen LogP contribution in [0.4, 0.5) is 0 Å². The Bertz CT molecular complexity index is 332. The Hall–Kier alpha value is -0.280. The second-order valence-electron chi connectivity index (χ2n) is 7.26. The lowest BCUT2D eigenvalue weighted by molar-refractivity contribution is -0.191. The number of carbonyl (C=O) groups excluding carboxylic acids is 1. The number of esters is 1. The van der Waals surface area contributed by atoms with E-state index in [-0.39, 0.29) is 24.0 Å². The van der Waals surface area contributed by atoms with Crippen molar-refractivity contribution < 1.29 is 9.53 Å². The number of rotatable bonds is 3. The predicted octanol–water partition coefficient (Wildman–Crippen LogP) is 3.05. The monoisotopic (exact) mass is 287 g/mol. The molecule has 0 aromatic carbocycles.